The molecule has 2 rings (SSSR count). The lowest BCUT2D eigenvalue weighted by molar-refractivity contribution is -0.139. The number of rotatable bonds is 8. The highest BCUT2D eigenvalue weighted by molar-refractivity contribution is 5.97. The van der Waals surface area contributed by atoms with Gasteiger partial charge in [-0.05, 0) is 36.4 Å². The van der Waals surface area contributed by atoms with E-state index >= 15 is 0 Å². The Balaban J connectivity index is 1.70. The normalized spacial score (nSPS) is 9.83. The average molecular weight is 398 g/mol. The summed E-state index contributed by atoms with van der Waals surface area (Å²) in [5.74, 6) is -1.19. The first-order chi connectivity index (χ1) is 14.0. The van der Waals surface area contributed by atoms with Gasteiger partial charge in [-0.1, -0.05) is 18.2 Å². The summed E-state index contributed by atoms with van der Waals surface area (Å²) in [5, 5.41) is 10.4. The van der Waals surface area contributed by atoms with Crippen molar-refractivity contribution in [2.24, 2.45) is 0 Å². The van der Waals surface area contributed by atoms with E-state index in [0.717, 1.165) is 0 Å². The lowest BCUT2D eigenvalue weighted by Crippen LogP contribution is -2.36. The molecular formula is C20H22N4O5. The number of carbonyl (C=O) groups is 4. The van der Waals surface area contributed by atoms with E-state index in [1.54, 1.807) is 36.4 Å². The zero-order valence-corrected chi connectivity index (χ0v) is 15.9. The third kappa shape index (κ3) is 7.33. The number of benzene rings is 2. The van der Waals surface area contributed by atoms with Gasteiger partial charge in [0.25, 0.3) is 11.8 Å². The number of hydrogen-bond acceptors (Lipinski definition) is 5. The van der Waals surface area contributed by atoms with Crippen LogP contribution in [0.3, 0.4) is 0 Å². The Labute approximate surface area is 167 Å². The molecule has 0 aromatic heterocycles. The lowest BCUT2D eigenvalue weighted by atomic mass is 10.2. The Morgan fingerprint density at radius 2 is 1.34 bits per heavy atom. The third-order valence-electron chi connectivity index (χ3n) is 3.76. The monoisotopic (exact) mass is 398 g/mol. The van der Waals surface area contributed by atoms with Gasteiger partial charge in [-0.25, -0.2) is 4.79 Å². The van der Waals surface area contributed by atoms with Gasteiger partial charge in [0, 0.05) is 29.9 Å². The van der Waals surface area contributed by atoms with E-state index in [9.17, 15) is 19.2 Å². The van der Waals surface area contributed by atoms with Gasteiger partial charge in [-0.3, -0.25) is 14.4 Å². The van der Waals surface area contributed by atoms with Gasteiger partial charge in [-0.2, -0.15) is 0 Å². The molecule has 2 aromatic carbocycles. The Morgan fingerprint density at radius 1 is 0.759 bits per heavy atom. The summed E-state index contributed by atoms with van der Waals surface area (Å²) < 4.78 is 4.44. The number of carbonyl (C=O) groups excluding carboxylic acids is 4. The SMILES string of the molecule is COC(=O)CNC(=O)c1ccc(NC(=O)NCCNC(=O)c2ccccc2)cc1. The summed E-state index contributed by atoms with van der Waals surface area (Å²) >= 11 is 0. The fourth-order valence-electron chi connectivity index (χ4n) is 2.25. The minimum Gasteiger partial charge on any atom is -0.468 e. The molecule has 0 saturated heterocycles. The number of amides is 4. The van der Waals surface area contributed by atoms with E-state index in [2.05, 4.69) is 26.0 Å². The third-order valence-corrected chi connectivity index (χ3v) is 3.76. The zero-order chi connectivity index (χ0) is 21.1. The zero-order valence-electron chi connectivity index (χ0n) is 15.9. The molecule has 0 fully saturated rings. The number of hydrogen-bond donors (Lipinski definition) is 4. The highest BCUT2D eigenvalue weighted by Crippen LogP contribution is 2.09. The molecule has 4 N–H and O–H groups in total. The number of urea groups is 1. The van der Waals surface area contributed by atoms with Crippen LogP contribution in [0.5, 0.6) is 0 Å². The van der Waals surface area contributed by atoms with Crippen molar-refractivity contribution < 1.29 is 23.9 Å². The predicted molar refractivity (Wildman–Crippen MR) is 107 cm³/mol. The maximum Gasteiger partial charge on any atom is 0.325 e. The topological polar surface area (TPSA) is 126 Å². The van der Waals surface area contributed by atoms with Crippen LogP contribution in [0.2, 0.25) is 0 Å². The molecule has 0 aliphatic heterocycles. The molecule has 0 unspecified atom stereocenters. The number of esters is 1. The standard InChI is InChI=1S/C20H22N4O5/c1-29-17(25)13-23-19(27)15-7-9-16(10-8-15)24-20(28)22-12-11-21-18(26)14-5-3-2-4-6-14/h2-10H,11-13H2,1H3,(H,21,26)(H,23,27)(H2,22,24,28). The first kappa shape index (κ1) is 21.4. The highest BCUT2D eigenvalue weighted by atomic mass is 16.5. The average Bonchev–Trinajstić information content (AvgIpc) is 2.75. The maximum atomic E-state index is 11.9. The summed E-state index contributed by atoms with van der Waals surface area (Å²) in [5.41, 5.74) is 1.37. The van der Waals surface area contributed by atoms with E-state index < -0.39 is 17.9 Å². The Bertz CT molecular complexity index is 853. The first-order valence-corrected chi connectivity index (χ1v) is 8.83. The van der Waals surface area contributed by atoms with Crippen LogP contribution in [-0.2, 0) is 9.53 Å². The quantitative estimate of drug-likeness (QED) is 0.392. The molecule has 9 heteroatoms. The fraction of sp³-hybridized carbons (Fsp3) is 0.200. The van der Waals surface area contributed by atoms with Gasteiger partial charge in [0.15, 0.2) is 0 Å². The molecule has 2 aromatic rings. The van der Waals surface area contributed by atoms with Gasteiger partial charge in [0.05, 0.1) is 7.11 Å². The summed E-state index contributed by atoms with van der Waals surface area (Å²) in [4.78, 5) is 46.7. The second-order valence-electron chi connectivity index (χ2n) is 5.84. The maximum absolute atomic E-state index is 11.9. The number of anilines is 1. The summed E-state index contributed by atoms with van der Waals surface area (Å²) in [6, 6.07) is 14.5. The van der Waals surface area contributed by atoms with Crippen LogP contribution in [0, 0.1) is 0 Å². The van der Waals surface area contributed by atoms with Crippen molar-refractivity contribution in [1.29, 1.82) is 0 Å². The number of nitrogens with one attached hydrogen (secondary N) is 4. The van der Waals surface area contributed by atoms with E-state index in [4.69, 9.17) is 0 Å². The Kier molecular flexibility index (Phi) is 8.18. The molecule has 0 saturated carbocycles. The first-order valence-electron chi connectivity index (χ1n) is 8.83. The van der Waals surface area contributed by atoms with Crippen LogP contribution in [0.15, 0.2) is 54.6 Å². The molecule has 0 bridgehead atoms. The van der Waals surface area contributed by atoms with Crippen molar-refractivity contribution in [1.82, 2.24) is 16.0 Å². The minimum absolute atomic E-state index is 0.214. The molecule has 0 spiro atoms. The van der Waals surface area contributed by atoms with Crippen LogP contribution in [0.4, 0.5) is 10.5 Å². The Hall–Kier alpha value is -3.88. The van der Waals surface area contributed by atoms with Gasteiger partial charge in [-0.15, -0.1) is 0 Å². The lowest BCUT2D eigenvalue weighted by Gasteiger charge is -2.09. The minimum atomic E-state index is -0.548. The van der Waals surface area contributed by atoms with Crippen LogP contribution in [-0.4, -0.2) is 50.6 Å². The highest BCUT2D eigenvalue weighted by Gasteiger charge is 2.09. The molecule has 0 atom stereocenters. The molecule has 29 heavy (non-hydrogen) atoms. The predicted octanol–water partition coefficient (Wildman–Crippen LogP) is 1.14. The largest absolute Gasteiger partial charge is 0.468 e. The van der Waals surface area contributed by atoms with Crippen LogP contribution < -0.4 is 21.3 Å². The Morgan fingerprint density at radius 3 is 2.00 bits per heavy atom. The van der Waals surface area contributed by atoms with Crippen molar-refractivity contribution in [3.05, 3.63) is 65.7 Å². The molecule has 0 aliphatic rings. The van der Waals surface area contributed by atoms with Crippen molar-refractivity contribution in [2.75, 3.05) is 32.1 Å². The van der Waals surface area contributed by atoms with Crippen molar-refractivity contribution in [3.63, 3.8) is 0 Å². The molecule has 0 radical (unpaired) electrons. The van der Waals surface area contributed by atoms with Crippen LogP contribution in [0.25, 0.3) is 0 Å². The van der Waals surface area contributed by atoms with Gasteiger partial charge < -0.3 is 26.0 Å². The molecule has 0 heterocycles. The van der Waals surface area contributed by atoms with Crippen molar-refractivity contribution in [2.45, 2.75) is 0 Å². The second-order valence-corrected chi connectivity index (χ2v) is 5.84. The number of methoxy groups -OCH3 is 1. The van der Waals surface area contributed by atoms with E-state index in [1.165, 1.54) is 19.2 Å². The van der Waals surface area contributed by atoms with E-state index in [1.807, 2.05) is 6.07 Å². The second kappa shape index (κ2) is 11.1. The van der Waals surface area contributed by atoms with Gasteiger partial charge in [0.1, 0.15) is 6.54 Å². The van der Waals surface area contributed by atoms with E-state index in [0.29, 0.717) is 16.8 Å². The molecule has 152 valence electrons. The van der Waals surface area contributed by atoms with Crippen molar-refractivity contribution >= 4 is 29.5 Å². The van der Waals surface area contributed by atoms with Gasteiger partial charge in [0.2, 0.25) is 0 Å². The van der Waals surface area contributed by atoms with Crippen molar-refractivity contribution in [3.8, 4) is 0 Å². The van der Waals surface area contributed by atoms with Crippen LogP contribution >= 0.6 is 0 Å². The van der Waals surface area contributed by atoms with E-state index in [-0.39, 0.29) is 25.5 Å². The molecule has 9 nitrogen and oxygen atoms in total. The van der Waals surface area contributed by atoms with Gasteiger partial charge >= 0.3 is 12.0 Å². The van der Waals surface area contributed by atoms with Crippen LogP contribution in [0.1, 0.15) is 20.7 Å². The molecule has 4 amide bonds. The summed E-state index contributed by atoms with van der Waals surface area (Å²) in [6.45, 7) is 0.303. The smallest absolute Gasteiger partial charge is 0.325 e. The summed E-state index contributed by atoms with van der Waals surface area (Å²) in [7, 11) is 1.23. The fourth-order valence-corrected chi connectivity index (χ4v) is 2.25. The number of ether oxygens (including phenoxy) is 1. The summed E-state index contributed by atoms with van der Waals surface area (Å²) in [6.07, 6.45) is 0. The molecule has 0 aliphatic carbocycles. The molecular weight excluding hydrogens is 376 g/mol.